The second kappa shape index (κ2) is 14.0. The van der Waals surface area contributed by atoms with Gasteiger partial charge in [-0.2, -0.15) is 4.99 Å². The molecular formula is C26H36N4O5. The second-order valence-electron chi connectivity index (χ2n) is 8.42. The molecule has 2 aromatic rings. The van der Waals surface area contributed by atoms with Crippen LogP contribution in [0, 0.1) is 5.92 Å². The lowest BCUT2D eigenvalue weighted by Gasteiger charge is -2.22. The van der Waals surface area contributed by atoms with Crippen LogP contribution < -0.4 is 25.8 Å². The Kier molecular flexibility index (Phi) is 11.0. The number of methoxy groups -OCH3 is 2. The molecule has 1 unspecified atom stereocenters. The number of hydrogen-bond donors (Lipinski definition) is 4. The molecule has 2 amide bonds. The van der Waals surface area contributed by atoms with Crippen molar-refractivity contribution in [1.29, 1.82) is 0 Å². The maximum Gasteiger partial charge on any atom is 0.253 e. The molecule has 0 fully saturated rings. The smallest absolute Gasteiger partial charge is 0.253 e. The third kappa shape index (κ3) is 9.29. The molecule has 190 valence electrons. The Morgan fingerprint density at radius 2 is 1.71 bits per heavy atom. The van der Waals surface area contributed by atoms with Crippen molar-refractivity contribution < 1.29 is 24.2 Å². The predicted octanol–water partition coefficient (Wildman–Crippen LogP) is 2.16. The van der Waals surface area contributed by atoms with Crippen molar-refractivity contribution in [3.63, 3.8) is 0 Å². The van der Waals surface area contributed by atoms with E-state index >= 15 is 0 Å². The van der Waals surface area contributed by atoms with E-state index < -0.39 is 24.1 Å². The number of nitrogens with zero attached hydrogens (tertiary/aromatic N) is 1. The van der Waals surface area contributed by atoms with Gasteiger partial charge < -0.3 is 30.9 Å². The van der Waals surface area contributed by atoms with E-state index in [1.165, 1.54) is 14.2 Å². The number of aliphatic imine (C=N–C) groups is 1. The van der Waals surface area contributed by atoms with E-state index in [-0.39, 0.29) is 18.3 Å². The topological polar surface area (TPSA) is 135 Å². The van der Waals surface area contributed by atoms with Gasteiger partial charge in [-0.3, -0.25) is 9.59 Å². The zero-order valence-electron chi connectivity index (χ0n) is 20.8. The summed E-state index contributed by atoms with van der Waals surface area (Å²) in [5.41, 5.74) is 7.55. The molecule has 5 N–H and O–H groups in total. The first-order chi connectivity index (χ1) is 16.7. The first-order valence-corrected chi connectivity index (χ1v) is 11.6. The van der Waals surface area contributed by atoms with Gasteiger partial charge in [0.15, 0.2) is 17.5 Å². The molecule has 35 heavy (non-hydrogen) atoms. The predicted molar refractivity (Wildman–Crippen MR) is 135 cm³/mol. The summed E-state index contributed by atoms with van der Waals surface area (Å²) in [7, 11) is 3.05. The number of carbonyl (C=O) groups excluding carboxylic acids is 2. The Morgan fingerprint density at radius 1 is 1.03 bits per heavy atom. The van der Waals surface area contributed by atoms with Gasteiger partial charge in [-0.25, -0.2) is 0 Å². The van der Waals surface area contributed by atoms with Gasteiger partial charge in [0.25, 0.3) is 5.91 Å². The summed E-state index contributed by atoms with van der Waals surface area (Å²) in [6.07, 6.45) is 0.630. The number of nitrogens with two attached hydrogens (primary N) is 1. The van der Waals surface area contributed by atoms with Crippen molar-refractivity contribution in [2.24, 2.45) is 16.6 Å². The molecule has 0 aliphatic rings. The van der Waals surface area contributed by atoms with Gasteiger partial charge in [-0.1, -0.05) is 56.7 Å². The molecule has 0 radical (unpaired) electrons. The highest BCUT2D eigenvalue weighted by atomic mass is 16.5. The summed E-state index contributed by atoms with van der Waals surface area (Å²) in [6, 6.07) is 13.7. The van der Waals surface area contributed by atoms with Crippen LogP contribution in [0.15, 0.2) is 53.5 Å². The summed E-state index contributed by atoms with van der Waals surface area (Å²) >= 11 is 0. The Balaban J connectivity index is 2.10. The SMILES string of the molecule is CC[C@@H](C)CC(O)NC(=O)[C@@H](Cc1ccccc1)NC(N)=NC(=O)Cc1ccc(OC)c(OC)c1. The molecular weight excluding hydrogens is 448 g/mol. The maximum absolute atomic E-state index is 12.9. The van der Waals surface area contributed by atoms with Gasteiger partial charge in [0.05, 0.1) is 20.6 Å². The van der Waals surface area contributed by atoms with Crippen LogP contribution in [0.1, 0.15) is 37.8 Å². The third-order valence-corrected chi connectivity index (χ3v) is 5.60. The van der Waals surface area contributed by atoms with E-state index in [1.807, 2.05) is 44.2 Å². The summed E-state index contributed by atoms with van der Waals surface area (Å²) in [5.74, 6) is 0.213. The summed E-state index contributed by atoms with van der Waals surface area (Å²) in [4.78, 5) is 29.3. The van der Waals surface area contributed by atoms with E-state index in [0.29, 0.717) is 29.9 Å². The number of ether oxygens (including phenoxy) is 2. The molecule has 0 aromatic heterocycles. The fraction of sp³-hybridized carbons (Fsp3) is 0.423. The molecule has 0 bridgehead atoms. The largest absolute Gasteiger partial charge is 0.493 e. The average Bonchev–Trinajstić information content (AvgIpc) is 2.83. The monoisotopic (exact) mass is 484 g/mol. The highest BCUT2D eigenvalue weighted by molar-refractivity contribution is 5.95. The molecule has 2 aromatic carbocycles. The van der Waals surface area contributed by atoms with Crippen LogP contribution in [0.4, 0.5) is 0 Å². The molecule has 0 spiro atoms. The molecule has 2 rings (SSSR count). The standard InChI is InChI=1S/C26H36N4O5/c1-5-17(2)13-23(31)29-25(33)20(14-18-9-7-6-8-10-18)28-26(27)30-24(32)16-19-11-12-21(34-3)22(15-19)35-4/h6-12,15,17,20,23,31H,5,13-14,16H2,1-4H3,(H,29,33)(H3,27,28,30,32)/t17-,20-,23?/m1/s1. The lowest BCUT2D eigenvalue weighted by molar-refractivity contribution is -0.126. The fourth-order valence-corrected chi connectivity index (χ4v) is 3.48. The highest BCUT2D eigenvalue weighted by Crippen LogP contribution is 2.27. The van der Waals surface area contributed by atoms with E-state index in [9.17, 15) is 14.7 Å². The van der Waals surface area contributed by atoms with Gasteiger partial charge in [0.1, 0.15) is 12.3 Å². The van der Waals surface area contributed by atoms with Crippen LogP contribution >= 0.6 is 0 Å². The Labute approximate surface area is 206 Å². The molecule has 0 aliphatic heterocycles. The van der Waals surface area contributed by atoms with Crippen molar-refractivity contribution in [3.8, 4) is 11.5 Å². The number of nitrogens with one attached hydrogen (secondary N) is 2. The minimum absolute atomic E-state index is 0.00803. The molecule has 0 saturated carbocycles. The number of rotatable bonds is 12. The fourth-order valence-electron chi connectivity index (χ4n) is 3.48. The van der Waals surface area contributed by atoms with E-state index in [0.717, 1.165) is 12.0 Å². The summed E-state index contributed by atoms with van der Waals surface area (Å²) in [6.45, 7) is 4.03. The van der Waals surface area contributed by atoms with Crippen LogP contribution in [-0.2, 0) is 22.4 Å². The first-order valence-electron chi connectivity index (χ1n) is 11.6. The lowest BCUT2D eigenvalue weighted by atomic mass is 10.0. The molecule has 0 aliphatic carbocycles. The van der Waals surface area contributed by atoms with Crippen LogP contribution in [0.5, 0.6) is 11.5 Å². The lowest BCUT2D eigenvalue weighted by Crippen LogP contribution is -2.52. The minimum atomic E-state index is -0.984. The number of carbonyl (C=O) groups is 2. The number of guanidine groups is 1. The number of hydrogen-bond acceptors (Lipinski definition) is 5. The second-order valence-corrected chi connectivity index (χ2v) is 8.42. The van der Waals surface area contributed by atoms with Gasteiger partial charge in [-0.05, 0) is 35.6 Å². The summed E-state index contributed by atoms with van der Waals surface area (Å²) in [5, 5.41) is 15.7. The Morgan fingerprint density at radius 3 is 2.34 bits per heavy atom. The minimum Gasteiger partial charge on any atom is -0.493 e. The van der Waals surface area contributed by atoms with Gasteiger partial charge >= 0.3 is 0 Å². The van der Waals surface area contributed by atoms with Gasteiger partial charge in [0, 0.05) is 6.42 Å². The molecule has 0 heterocycles. The Bertz CT molecular complexity index is 996. The highest BCUT2D eigenvalue weighted by Gasteiger charge is 2.23. The molecule has 0 saturated heterocycles. The molecule has 9 nitrogen and oxygen atoms in total. The van der Waals surface area contributed by atoms with Crippen LogP contribution in [0.2, 0.25) is 0 Å². The van der Waals surface area contributed by atoms with E-state index in [1.54, 1.807) is 18.2 Å². The van der Waals surface area contributed by atoms with Crippen molar-refractivity contribution in [2.75, 3.05) is 14.2 Å². The number of aliphatic hydroxyl groups is 1. The molecule has 3 atom stereocenters. The van der Waals surface area contributed by atoms with Crippen LogP contribution in [0.3, 0.4) is 0 Å². The third-order valence-electron chi connectivity index (χ3n) is 5.60. The zero-order valence-corrected chi connectivity index (χ0v) is 20.8. The van der Waals surface area contributed by atoms with E-state index in [2.05, 4.69) is 15.6 Å². The van der Waals surface area contributed by atoms with Gasteiger partial charge in [-0.15, -0.1) is 0 Å². The zero-order chi connectivity index (χ0) is 25.8. The molecule has 9 heteroatoms. The van der Waals surface area contributed by atoms with E-state index in [4.69, 9.17) is 15.2 Å². The van der Waals surface area contributed by atoms with Crippen LogP contribution in [0.25, 0.3) is 0 Å². The maximum atomic E-state index is 12.9. The number of aliphatic hydroxyl groups excluding tert-OH is 1. The quantitative estimate of drug-likeness (QED) is 0.206. The number of amides is 2. The van der Waals surface area contributed by atoms with Gasteiger partial charge in [0.2, 0.25) is 5.91 Å². The number of benzene rings is 2. The van der Waals surface area contributed by atoms with Crippen molar-refractivity contribution in [2.45, 2.75) is 51.8 Å². The Hall–Kier alpha value is -3.59. The van der Waals surface area contributed by atoms with Crippen molar-refractivity contribution in [3.05, 3.63) is 59.7 Å². The normalized spacial score (nSPS) is 13.9. The van der Waals surface area contributed by atoms with Crippen molar-refractivity contribution >= 4 is 17.8 Å². The first kappa shape index (κ1) is 27.7. The van der Waals surface area contributed by atoms with Crippen molar-refractivity contribution in [1.82, 2.24) is 10.6 Å². The van der Waals surface area contributed by atoms with Crippen LogP contribution in [-0.4, -0.2) is 49.4 Å². The summed E-state index contributed by atoms with van der Waals surface area (Å²) < 4.78 is 10.5. The average molecular weight is 485 g/mol.